The maximum absolute atomic E-state index is 4.07. The number of nitrogens with zero attached hydrogens (tertiary/aromatic N) is 2. The van der Waals surface area contributed by atoms with Gasteiger partial charge in [-0.15, -0.1) is 0 Å². The summed E-state index contributed by atoms with van der Waals surface area (Å²) in [6.45, 7) is 6.01. The third-order valence-electron chi connectivity index (χ3n) is 3.50. The standard InChI is InChI=1S/C17H22BrN3/c1-3-21(12-14-6-8-20-9-7-14)13-16-5-4-15(11-19-2)10-17(16)18/h4-10,19H,3,11-13H2,1-2H3. The molecule has 1 aromatic heterocycles. The van der Waals surface area contributed by atoms with Crippen molar-refractivity contribution in [2.75, 3.05) is 13.6 Å². The Bertz CT molecular complexity index is 557. The van der Waals surface area contributed by atoms with Crippen LogP contribution in [0.4, 0.5) is 0 Å². The van der Waals surface area contributed by atoms with Crippen LogP contribution in [-0.2, 0) is 19.6 Å². The van der Waals surface area contributed by atoms with Crippen LogP contribution < -0.4 is 5.32 Å². The van der Waals surface area contributed by atoms with Crippen LogP contribution in [0.2, 0.25) is 0 Å². The first-order chi connectivity index (χ1) is 10.2. The molecule has 21 heavy (non-hydrogen) atoms. The number of aromatic nitrogens is 1. The summed E-state index contributed by atoms with van der Waals surface area (Å²) in [6.07, 6.45) is 3.71. The Balaban J connectivity index is 2.04. The fraction of sp³-hybridized carbons (Fsp3) is 0.353. The fourth-order valence-corrected chi connectivity index (χ4v) is 2.85. The van der Waals surface area contributed by atoms with E-state index >= 15 is 0 Å². The second-order valence-electron chi connectivity index (χ2n) is 5.11. The van der Waals surface area contributed by atoms with Crippen molar-refractivity contribution >= 4 is 15.9 Å². The number of nitrogens with one attached hydrogen (secondary N) is 1. The number of hydrogen-bond acceptors (Lipinski definition) is 3. The molecule has 0 spiro atoms. The SMILES string of the molecule is CCN(Cc1ccncc1)Cc1ccc(CNC)cc1Br. The highest BCUT2D eigenvalue weighted by Crippen LogP contribution is 2.21. The van der Waals surface area contributed by atoms with Crippen LogP contribution in [0, 0.1) is 0 Å². The molecule has 0 atom stereocenters. The van der Waals surface area contributed by atoms with E-state index in [4.69, 9.17) is 0 Å². The van der Waals surface area contributed by atoms with Crippen molar-refractivity contribution in [1.29, 1.82) is 0 Å². The summed E-state index contributed by atoms with van der Waals surface area (Å²) in [7, 11) is 1.97. The normalized spacial score (nSPS) is 11.0. The lowest BCUT2D eigenvalue weighted by Gasteiger charge is -2.21. The quantitative estimate of drug-likeness (QED) is 0.829. The van der Waals surface area contributed by atoms with Gasteiger partial charge in [0.2, 0.25) is 0 Å². The molecule has 112 valence electrons. The lowest BCUT2D eigenvalue weighted by atomic mass is 10.1. The molecule has 0 bridgehead atoms. The van der Waals surface area contributed by atoms with Gasteiger partial charge in [0.15, 0.2) is 0 Å². The number of pyridine rings is 1. The molecular weight excluding hydrogens is 326 g/mol. The summed E-state index contributed by atoms with van der Waals surface area (Å²) in [4.78, 5) is 6.50. The van der Waals surface area contributed by atoms with E-state index in [2.05, 4.69) is 68.4 Å². The molecule has 1 aromatic carbocycles. The second-order valence-corrected chi connectivity index (χ2v) is 5.97. The zero-order valence-corrected chi connectivity index (χ0v) is 14.2. The molecular formula is C17H22BrN3. The first-order valence-corrected chi connectivity index (χ1v) is 8.05. The van der Waals surface area contributed by atoms with Gasteiger partial charge in [-0.2, -0.15) is 0 Å². The smallest absolute Gasteiger partial charge is 0.0271 e. The summed E-state index contributed by atoms with van der Waals surface area (Å²) in [6, 6.07) is 10.8. The van der Waals surface area contributed by atoms with Crippen LogP contribution in [0.15, 0.2) is 47.2 Å². The van der Waals surface area contributed by atoms with Crippen LogP contribution in [0.5, 0.6) is 0 Å². The second kappa shape index (κ2) is 8.27. The van der Waals surface area contributed by atoms with Crippen LogP contribution in [0.3, 0.4) is 0 Å². The number of hydrogen-bond donors (Lipinski definition) is 1. The first-order valence-electron chi connectivity index (χ1n) is 7.26. The lowest BCUT2D eigenvalue weighted by Crippen LogP contribution is -2.22. The predicted octanol–water partition coefficient (Wildman–Crippen LogP) is 3.59. The summed E-state index contributed by atoms with van der Waals surface area (Å²) in [5.41, 5.74) is 3.92. The number of halogens is 1. The van der Waals surface area contributed by atoms with E-state index in [0.29, 0.717) is 0 Å². The highest BCUT2D eigenvalue weighted by Gasteiger charge is 2.08. The van der Waals surface area contributed by atoms with Gasteiger partial charge in [-0.1, -0.05) is 35.0 Å². The topological polar surface area (TPSA) is 28.2 Å². The molecule has 2 rings (SSSR count). The highest BCUT2D eigenvalue weighted by molar-refractivity contribution is 9.10. The van der Waals surface area contributed by atoms with Crippen molar-refractivity contribution in [3.05, 3.63) is 63.9 Å². The van der Waals surface area contributed by atoms with Crippen LogP contribution in [0.1, 0.15) is 23.6 Å². The molecule has 3 nitrogen and oxygen atoms in total. The summed E-state index contributed by atoms with van der Waals surface area (Å²) in [5.74, 6) is 0. The Labute approximate surface area is 135 Å². The molecule has 0 aliphatic heterocycles. The maximum atomic E-state index is 4.07. The van der Waals surface area contributed by atoms with Gasteiger partial charge in [-0.05, 0) is 48.5 Å². The maximum Gasteiger partial charge on any atom is 0.0271 e. The van der Waals surface area contributed by atoms with E-state index in [9.17, 15) is 0 Å². The number of rotatable bonds is 7. The van der Waals surface area contributed by atoms with Gasteiger partial charge in [0.05, 0.1) is 0 Å². The minimum atomic E-state index is 0.896. The van der Waals surface area contributed by atoms with Gasteiger partial charge in [0.1, 0.15) is 0 Å². The third kappa shape index (κ3) is 4.92. The van der Waals surface area contributed by atoms with Gasteiger partial charge < -0.3 is 5.32 Å². The molecule has 1 heterocycles. The van der Waals surface area contributed by atoms with E-state index in [1.165, 1.54) is 21.2 Å². The van der Waals surface area contributed by atoms with Crippen LogP contribution in [-0.4, -0.2) is 23.5 Å². The van der Waals surface area contributed by atoms with Crippen molar-refractivity contribution in [1.82, 2.24) is 15.2 Å². The van der Waals surface area contributed by atoms with Crippen molar-refractivity contribution < 1.29 is 0 Å². The minimum absolute atomic E-state index is 0.896. The number of benzene rings is 1. The zero-order valence-electron chi connectivity index (χ0n) is 12.6. The Hall–Kier alpha value is -1.23. The summed E-state index contributed by atoms with van der Waals surface area (Å²) < 4.78 is 1.18. The molecule has 0 amide bonds. The van der Waals surface area contributed by atoms with E-state index < -0.39 is 0 Å². The predicted molar refractivity (Wildman–Crippen MR) is 90.9 cm³/mol. The van der Waals surface area contributed by atoms with E-state index in [-0.39, 0.29) is 0 Å². The van der Waals surface area contributed by atoms with Crippen molar-refractivity contribution in [3.8, 4) is 0 Å². The van der Waals surface area contributed by atoms with Crippen LogP contribution >= 0.6 is 15.9 Å². The fourth-order valence-electron chi connectivity index (χ4n) is 2.30. The Morgan fingerprint density at radius 2 is 1.86 bits per heavy atom. The molecule has 1 N–H and O–H groups in total. The highest BCUT2D eigenvalue weighted by atomic mass is 79.9. The van der Waals surface area contributed by atoms with Gasteiger partial charge in [0, 0.05) is 36.5 Å². The molecule has 0 saturated carbocycles. The lowest BCUT2D eigenvalue weighted by molar-refractivity contribution is 0.271. The summed E-state index contributed by atoms with van der Waals surface area (Å²) in [5, 5.41) is 3.18. The molecule has 2 aromatic rings. The molecule has 0 unspecified atom stereocenters. The zero-order chi connectivity index (χ0) is 15.1. The Kier molecular flexibility index (Phi) is 6.36. The van der Waals surface area contributed by atoms with Crippen molar-refractivity contribution in [3.63, 3.8) is 0 Å². The first kappa shape index (κ1) is 16.1. The molecule has 0 aliphatic rings. The van der Waals surface area contributed by atoms with Gasteiger partial charge in [0.25, 0.3) is 0 Å². The minimum Gasteiger partial charge on any atom is -0.316 e. The Morgan fingerprint density at radius 1 is 1.10 bits per heavy atom. The Morgan fingerprint density at radius 3 is 2.48 bits per heavy atom. The largest absolute Gasteiger partial charge is 0.316 e. The third-order valence-corrected chi connectivity index (χ3v) is 4.23. The van der Waals surface area contributed by atoms with Crippen LogP contribution in [0.25, 0.3) is 0 Å². The molecule has 0 fully saturated rings. The van der Waals surface area contributed by atoms with E-state index in [1.54, 1.807) is 0 Å². The molecule has 4 heteroatoms. The van der Waals surface area contributed by atoms with Crippen molar-refractivity contribution in [2.45, 2.75) is 26.6 Å². The summed E-state index contributed by atoms with van der Waals surface area (Å²) >= 11 is 3.70. The van der Waals surface area contributed by atoms with E-state index in [0.717, 1.165) is 26.2 Å². The average Bonchev–Trinajstić information content (AvgIpc) is 2.50. The van der Waals surface area contributed by atoms with E-state index in [1.807, 2.05) is 19.4 Å². The van der Waals surface area contributed by atoms with Gasteiger partial charge >= 0.3 is 0 Å². The van der Waals surface area contributed by atoms with Gasteiger partial charge in [-0.3, -0.25) is 9.88 Å². The van der Waals surface area contributed by atoms with Gasteiger partial charge in [-0.25, -0.2) is 0 Å². The molecule has 0 radical (unpaired) electrons. The molecule has 0 saturated heterocycles. The monoisotopic (exact) mass is 347 g/mol. The van der Waals surface area contributed by atoms with Crippen molar-refractivity contribution in [2.24, 2.45) is 0 Å². The molecule has 0 aliphatic carbocycles. The average molecular weight is 348 g/mol.